The molecule has 0 aromatic heterocycles. The first-order chi connectivity index (χ1) is 15.0. The Morgan fingerprint density at radius 3 is 2.41 bits per heavy atom. The molecule has 178 valence electrons. The number of piperidine rings is 2. The van der Waals surface area contributed by atoms with Crippen LogP contribution in [0.4, 0.5) is 10.5 Å². The van der Waals surface area contributed by atoms with Crippen LogP contribution in [-0.2, 0) is 4.79 Å². The molecule has 8 heteroatoms. The maximum absolute atomic E-state index is 12.8. The number of likely N-dealkylation sites (tertiary alicyclic amines) is 2. The fraction of sp³-hybridized carbons (Fsp3) is 0.667. The van der Waals surface area contributed by atoms with Crippen molar-refractivity contribution in [2.45, 2.75) is 52.5 Å². The van der Waals surface area contributed by atoms with Crippen LogP contribution in [0.3, 0.4) is 0 Å². The Morgan fingerprint density at radius 1 is 1.16 bits per heavy atom. The van der Waals surface area contributed by atoms with Gasteiger partial charge in [-0.2, -0.15) is 0 Å². The number of amides is 3. The van der Waals surface area contributed by atoms with E-state index in [9.17, 15) is 14.7 Å². The number of benzene rings is 1. The van der Waals surface area contributed by atoms with Crippen molar-refractivity contribution in [2.75, 3.05) is 38.0 Å². The van der Waals surface area contributed by atoms with Gasteiger partial charge in [0.1, 0.15) is 5.75 Å². The number of hydrogen-bond acceptors (Lipinski definition) is 4. The Bertz CT molecular complexity index is 813. The molecule has 2 atom stereocenters. The molecule has 3 N–H and O–H groups in total. The Kier molecular flexibility index (Phi) is 7.93. The summed E-state index contributed by atoms with van der Waals surface area (Å²) in [5.74, 6) is 0.974. The molecular formula is C24H37ClN4O3. The second kappa shape index (κ2) is 10.3. The van der Waals surface area contributed by atoms with Crippen molar-refractivity contribution in [1.29, 1.82) is 0 Å². The van der Waals surface area contributed by atoms with Gasteiger partial charge in [0.2, 0.25) is 5.91 Å². The first-order valence-corrected chi connectivity index (χ1v) is 12.0. The van der Waals surface area contributed by atoms with Crippen LogP contribution in [0.2, 0.25) is 5.02 Å². The number of halogens is 1. The average molecular weight is 465 g/mol. The standard InChI is InChI=1S/C24H37ClN4O3/c1-16-11-17(2)14-29(13-16)24(3,4)15-26-23(32)28-9-7-18(8-10-28)22(31)27-20-12-19(25)5-6-21(20)30/h5-6,12,16-18,30H,7-11,13-15H2,1-4H3,(H,26,32)(H,27,31). The van der Waals surface area contributed by atoms with Gasteiger partial charge in [0.15, 0.2) is 0 Å². The second-order valence-corrected chi connectivity index (χ2v) is 10.7. The molecule has 1 aromatic carbocycles. The zero-order chi connectivity index (χ0) is 23.5. The molecule has 2 saturated heterocycles. The monoisotopic (exact) mass is 464 g/mol. The Hall–Kier alpha value is -1.99. The highest BCUT2D eigenvalue weighted by atomic mass is 35.5. The third kappa shape index (κ3) is 6.29. The van der Waals surface area contributed by atoms with Crippen molar-refractivity contribution in [3.8, 4) is 5.75 Å². The Labute approximate surface area is 196 Å². The number of phenolic OH excluding ortho intramolecular Hbond substituents is 1. The number of aromatic hydroxyl groups is 1. The maximum Gasteiger partial charge on any atom is 0.317 e. The van der Waals surface area contributed by atoms with Crippen LogP contribution in [0.25, 0.3) is 0 Å². The van der Waals surface area contributed by atoms with Gasteiger partial charge < -0.3 is 20.6 Å². The lowest BCUT2D eigenvalue weighted by atomic mass is 9.88. The molecule has 0 saturated carbocycles. The van der Waals surface area contributed by atoms with Gasteiger partial charge in [-0.05, 0) is 63.1 Å². The van der Waals surface area contributed by atoms with Crippen molar-refractivity contribution in [2.24, 2.45) is 17.8 Å². The largest absolute Gasteiger partial charge is 0.506 e. The van der Waals surface area contributed by atoms with Gasteiger partial charge in [-0.25, -0.2) is 4.79 Å². The lowest BCUT2D eigenvalue weighted by Crippen LogP contribution is -2.57. The van der Waals surface area contributed by atoms with Crippen molar-refractivity contribution in [3.05, 3.63) is 23.2 Å². The van der Waals surface area contributed by atoms with Crippen LogP contribution in [0.15, 0.2) is 18.2 Å². The first-order valence-electron chi connectivity index (χ1n) is 11.6. The number of rotatable bonds is 5. The summed E-state index contributed by atoms with van der Waals surface area (Å²) in [6.45, 7) is 12.8. The van der Waals surface area contributed by atoms with E-state index in [1.807, 2.05) is 0 Å². The van der Waals surface area contributed by atoms with E-state index >= 15 is 0 Å². The number of nitrogens with zero attached hydrogens (tertiary/aromatic N) is 2. The van der Waals surface area contributed by atoms with Crippen molar-refractivity contribution in [1.82, 2.24) is 15.1 Å². The smallest absolute Gasteiger partial charge is 0.317 e. The molecule has 0 radical (unpaired) electrons. The number of nitrogens with one attached hydrogen (secondary N) is 2. The molecule has 0 spiro atoms. The van der Waals surface area contributed by atoms with E-state index in [1.165, 1.54) is 18.6 Å². The summed E-state index contributed by atoms with van der Waals surface area (Å²) < 4.78 is 0. The number of carbonyl (C=O) groups is 2. The van der Waals surface area contributed by atoms with Gasteiger partial charge in [0.05, 0.1) is 5.69 Å². The molecule has 2 aliphatic rings. The summed E-state index contributed by atoms with van der Waals surface area (Å²) in [6.07, 6.45) is 2.44. The molecule has 7 nitrogen and oxygen atoms in total. The Morgan fingerprint density at radius 2 is 1.78 bits per heavy atom. The summed E-state index contributed by atoms with van der Waals surface area (Å²) in [7, 11) is 0. The summed E-state index contributed by atoms with van der Waals surface area (Å²) in [6, 6.07) is 4.49. The van der Waals surface area contributed by atoms with Gasteiger partial charge >= 0.3 is 6.03 Å². The zero-order valence-corrected chi connectivity index (χ0v) is 20.4. The number of anilines is 1. The van der Waals surface area contributed by atoms with E-state index < -0.39 is 0 Å². The van der Waals surface area contributed by atoms with E-state index in [0.29, 0.717) is 55.0 Å². The molecule has 2 unspecified atom stereocenters. The quantitative estimate of drug-likeness (QED) is 0.571. The van der Waals surface area contributed by atoms with E-state index in [4.69, 9.17) is 11.6 Å². The molecule has 1 aromatic rings. The highest BCUT2D eigenvalue weighted by molar-refractivity contribution is 6.31. The van der Waals surface area contributed by atoms with E-state index in [1.54, 1.807) is 11.0 Å². The predicted molar refractivity (Wildman–Crippen MR) is 128 cm³/mol. The van der Waals surface area contributed by atoms with Crippen LogP contribution < -0.4 is 10.6 Å². The van der Waals surface area contributed by atoms with E-state index in [2.05, 4.69) is 43.2 Å². The number of phenols is 1. The topological polar surface area (TPSA) is 84.9 Å². The summed E-state index contributed by atoms with van der Waals surface area (Å²) >= 11 is 5.95. The minimum Gasteiger partial charge on any atom is -0.506 e. The molecule has 32 heavy (non-hydrogen) atoms. The lowest BCUT2D eigenvalue weighted by Gasteiger charge is -2.45. The molecule has 0 aliphatic carbocycles. The number of hydrogen-bond donors (Lipinski definition) is 3. The highest BCUT2D eigenvalue weighted by Gasteiger charge is 2.34. The SMILES string of the molecule is CC1CC(C)CN(C(C)(C)CNC(=O)N2CCC(C(=O)Nc3cc(Cl)ccc3O)CC2)C1. The number of urea groups is 1. The van der Waals surface area contributed by atoms with Crippen molar-refractivity contribution >= 4 is 29.2 Å². The first kappa shape index (κ1) is 24.6. The van der Waals surface area contributed by atoms with E-state index in [-0.39, 0.29) is 29.1 Å². The van der Waals surface area contributed by atoms with Crippen LogP contribution in [0, 0.1) is 17.8 Å². The zero-order valence-electron chi connectivity index (χ0n) is 19.7. The van der Waals surface area contributed by atoms with Crippen LogP contribution >= 0.6 is 11.6 Å². The average Bonchev–Trinajstić information content (AvgIpc) is 2.74. The molecular weight excluding hydrogens is 428 g/mol. The van der Waals surface area contributed by atoms with Gasteiger partial charge in [-0.3, -0.25) is 9.69 Å². The van der Waals surface area contributed by atoms with Gasteiger partial charge in [-0.1, -0.05) is 25.4 Å². The van der Waals surface area contributed by atoms with E-state index in [0.717, 1.165) is 13.1 Å². The minimum absolute atomic E-state index is 0.0142. The normalized spacial score (nSPS) is 23.1. The summed E-state index contributed by atoms with van der Waals surface area (Å²) in [4.78, 5) is 29.6. The molecule has 3 rings (SSSR count). The van der Waals surface area contributed by atoms with Crippen molar-refractivity contribution in [3.63, 3.8) is 0 Å². The fourth-order valence-electron chi connectivity index (χ4n) is 4.86. The van der Waals surface area contributed by atoms with Gasteiger partial charge in [0.25, 0.3) is 0 Å². The van der Waals surface area contributed by atoms with Crippen LogP contribution in [0.5, 0.6) is 5.75 Å². The van der Waals surface area contributed by atoms with Gasteiger partial charge in [0, 0.05) is 49.2 Å². The minimum atomic E-state index is -0.204. The van der Waals surface area contributed by atoms with Gasteiger partial charge in [-0.15, -0.1) is 0 Å². The molecule has 3 amide bonds. The highest BCUT2D eigenvalue weighted by Crippen LogP contribution is 2.29. The molecule has 2 fully saturated rings. The van der Waals surface area contributed by atoms with Crippen LogP contribution in [-0.4, -0.2) is 65.1 Å². The molecule has 2 aliphatic heterocycles. The third-order valence-electron chi connectivity index (χ3n) is 6.77. The summed E-state index contributed by atoms with van der Waals surface area (Å²) in [5.41, 5.74) is 0.210. The molecule has 0 bridgehead atoms. The van der Waals surface area contributed by atoms with Crippen molar-refractivity contribution < 1.29 is 14.7 Å². The van der Waals surface area contributed by atoms with Crippen LogP contribution in [0.1, 0.15) is 47.0 Å². The number of carbonyl (C=O) groups excluding carboxylic acids is 2. The fourth-order valence-corrected chi connectivity index (χ4v) is 5.03. The third-order valence-corrected chi connectivity index (χ3v) is 7.00. The second-order valence-electron chi connectivity index (χ2n) is 10.2. The maximum atomic E-state index is 12.8. The lowest BCUT2D eigenvalue weighted by molar-refractivity contribution is -0.121. The summed E-state index contributed by atoms with van der Waals surface area (Å²) in [5, 5.41) is 16.2. The predicted octanol–water partition coefficient (Wildman–Crippen LogP) is 4.16. The molecule has 2 heterocycles. The Balaban J connectivity index is 1.46.